The summed E-state index contributed by atoms with van der Waals surface area (Å²) in [6, 6.07) is 0.299. The average Bonchev–Trinajstić information content (AvgIpc) is 2.11. The highest BCUT2D eigenvalue weighted by atomic mass is 14.7. The van der Waals surface area contributed by atoms with Crippen LogP contribution in [-0.2, 0) is 0 Å². The van der Waals surface area contributed by atoms with Crippen molar-refractivity contribution in [3.05, 3.63) is 0 Å². The second-order valence-corrected chi connectivity index (χ2v) is 4.84. The molecule has 1 aliphatic rings. The molecule has 0 amide bonds. The van der Waals surface area contributed by atoms with E-state index in [9.17, 15) is 0 Å². The van der Waals surface area contributed by atoms with E-state index in [4.69, 9.17) is 11.5 Å². The van der Waals surface area contributed by atoms with Gasteiger partial charge in [0.25, 0.3) is 0 Å². The van der Waals surface area contributed by atoms with Gasteiger partial charge in [-0.1, -0.05) is 33.1 Å². The number of hydrogen-bond acceptors (Lipinski definition) is 2. The molecule has 0 aliphatic heterocycles. The van der Waals surface area contributed by atoms with Crippen molar-refractivity contribution in [2.24, 2.45) is 22.8 Å². The van der Waals surface area contributed by atoms with Gasteiger partial charge in [0.05, 0.1) is 0 Å². The molecule has 0 spiro atoms. The second-order valence-electron chi connectivity index (χ2n) is 4.84. The highest BCUT2D eigenvalue weighted by Crippen LogP contribution is 2.43. The molecule has 0 aromatic carbocycles. The van der Waals surface area contributed by atoms with Gasteiger partial charge in [-0.05, 0) is 30.7 Å². The van der Waals surface area contributed by atoms with Crippen molar-refractivity contribution < 1.29 is 0 Å². The molecule has 2 heteroatoms. The van der Waals surface area contributed by atoms with Crippen LogP contribution in [0, 0.1) is 11.3 Å². The van der Waals surface area contributed by atoms with Crippen LogP contribution in [0.2, 0.25) is 0 Å². The van der Waals surface area contributed by atoms with Crippen LogP contribution in [-0.4, -0.2) is 12.6 Å². The van der Waals surface area contributed by atoms with Crippen LogP contribution >= 0.6 is 0 Å². The maximum Gasteiger partial charge on any atom is 0.0107 e. The monoisotopic (exact) mass is 184 g/mol. The molecule has 0 aromatic rings. The third-order valence-corrected chi connectivity index (χ3v) is 4.05. The lowest BCUT2D eigenvalue weighted by atomic mass is 9.64. The Morgan fingerprint density at radius 1 is 1.46 bits per heavy atom. The Kier molecular flexibility index (Phi) is 3.74. The van der Waals surface area contributed by atoms with Gasteiger partial charge in [0.2, 0.25) is 0 Å². The van der Waals surface area contributed by atoms with Crippen molar-refractivity contribution >= 4 is 0 Å². The Bertz CT molecular complexity index is 158. The molecule has 78 valence electrons. The molecule has 0 aromatic heterocycles. The van der Waals surface area contributed by atoms with E-state index in [0.29, 0.717) is 11.5 Å². The van der Waals surface area contributed by atoms with E-state index in [1.165, 1.54) is 25.7 Å². The van der Waals surface area contributed by atoms with Crippen molar-refractivity contribution in [1.82, 2.24) is 0 Å². The molecular weight excluding hydrogens is 160 g/mol. The molecule has 1 aliphatic carbocycles. The molecular formula is C11H24N2. The topological polar surface area (TPSA) is 52.0 Å². The van der Waals surface area contributed by atoms with Gasteiger partial charge in [-0.25, -0.2) is 0 Å². The standard InChI is InChI=1S/C11H24N2/c1-9-5-3-4-7-11(9,2)10(13)6-8-12/h9-10H,3-8,12-13H2,1-2H3. The van der Waals surface area contributed by atoms with Crippen LogP contribution < -0.4 is 11.5 Å². The summed E-state index contributed by atoms with van der Waals surface area (Å²) in [6.07, 6.45) is 6.33. The van der Waals surface area contributed by atoms with Gasteiger partial charge in [-0.3, -0.25) is 0 Å². The molecule has 0 bridgehead atoms. The number of nitrogens with two attached hydrogens (primary N) is 2. The molecule has 0 radical (unpaired) electrons. The van der Waals surface area contributed by atoms with E-state index in [0.717, 1.165) is 18.9 Å². The molecule has 0 heterocycles. The summed E-state index contributed by atoms with van der Waals surface area (Å²) in [5, 5.41) is 0. The predicted octanol–water partition coefficient (Wildman–Crippen LogP) is 1.88. The number of rotatable bonds is 3. The lowest BCUT2D eigenvalue weighted by Crippen LogP contribution is -2.46. The fourth-order valence-electron chi connectivity index (χ4n) is 2.59. The Balaban J connectivity index is 2.59. The smallest absolute Gasteiger partial charge is 0.0107 e. The van der Waals surface area contributed by atoms with E-state index in [1.54, 1.807) is 0 Å². The minimum Gasteiger partial charge on any atom is -0.330 e. The maximum absolute atomic E-state index is 6.20. The Morgan fingerprint density at radius 3 is 2.69 bits per heavy atom. The number of hydrogen-bond donors (Lipinski definition) is 2. The van der Waals surface area contributed by atoms with Gasteiger partial charge in [-0.15, -0.1) is 0 Å². The van der Waals surface area contributed by atoms with Crippen molar-refractivity contribution in [3.63, 3.8) is 0 Å². The van der Waals surface area contributed by atoms with E-state index >= 15 is 0 Å². The minimum atomic E-state index is 0.299. The van der Waals surface area contributed by atoms with Crippen molar-refractivity contribution in [3.8, 4) is 0 Å². The summed E-state index contributed by atoms with van der Waals surface area (Å²) in [6.45, 7) is 5.41. The molecule has 3 unspecified atom stereocenters. The van der Waals surface area contributed by atoms with Crippen LogP contribution in [0.15, 0.2) is 0 Å². The van der Waals surface area contributed by atoms with Crippen LogP contribution in [0.5, 0.6) is 0 Å². The van der Waals surface area contributed by atoms with E-state index < -0.39 is 0 Å². The average molecular weight is 184 g/mol. The normalized spacial score (nSPS) is 37.4. The van der Waals surface area contributed by atoms with E-state index in [-0.39, 0.29) is 0 Å². The largest absolute Gasteiger partial charge is 0.330 e. The Labute approximate surface area is 82.1 Å². The summed E-state index contributed by atoms with van der Waals surface area (Å²) >= 11 is 0. The highest BCUT2D eigenvalue weighted by molar-refractivity contribution is 4.92. The predicted molar refractivity (Wildman–Crippen MR) is 57.4 cm³/mol. The van der Waals surface area contributed by atoms with Crippen LogP contribution in [0.1, 0.15) is 46.0 Å². The van der Waals surface area contributed by atoms with Crippen LogP contribution in [0.25, 0.3) is 0 Å². The lowest BCUT2D eigenvalue weighted by Gasteiger charge is -2.44. The van der Waals surface area contributed by atoms with Gasteiger partial charge in [-0.2, -0.15) is 0 Å². The van der Waals surface area contributed by atoms with Crippen molar-refractivity contribution in [1.29, 1.82) is 0 Å². The molecule has 0 saturated heterocycles. The Hall–Kier alpha value is -0.0800. The third kappa shape index (κ3) is 2.23. The molecule has 4 N–H and O–H groups in total. The van der Waals surface area contributed by atoms with Crippen molar-refractivity contribution in [2.75, 3.05) is 6.54 Å². The van der Waals surface area contributed by atoms with Crippen molar-refractivity contribution in [2.45, 2.75) is 52.0 Å². The van der Waals surface area contributed by atoms with E-state index in [2.05, 4.69) is 13.8 Å². The quantitative estimate of drug-likeness (QED) is 0.703. The Morgan fingerprint density at radius 2 is 2.15 bits per heavy atom. The first-order valence-corrected chi connectivity index (χ1v) is 5.57. The molecule has 1 saturated carbocycles. The third-order valence-electron chi connectivity index (χ3n) is 4.05. The molecule has 2 nitrogen and oxygen atoms in total. The minimum absolute atomic E-state index is 0.299. The zero-order chi connectivity index (χ0) is 9.90. The van der Waals surface area contributed by atoms with Gasteiger partial charge in [0.15, 0.2) is 0 Å². The fraction of sp³-hybridized carbons (Fsp3) is 1.00. The van der Waals surface area contributed by atoms with Crippen LogP contribution in [0.3, 0.4) is 0 Å². The van der Waals surface area contributed by atoms with Gasteiger partial charge >= 0.3 is 0 Å². The first-order valence-electron chi connectivity index (χ1n) is 5.57. The van der Waals surface area contributed by atoms with E-state index in [1.807, 2.05) is 0 Å². The maximum atomic E-state index is 6.20. The highest BCUT2D eigenvalue weighted by Gasteiger charge is 2.38. The first-order chi connectivity index (χ1) is 6.11. The van der Waals surface area contributed by atoms with Gasteiger partial charge < -0.3 is 11.5 Å². The summed E-state index contributed by atoms with van der Waals surface area (Å²) in [7, 11) is 0. The SMILES string of the molecule is CC1CCCCC1(C)C(N)CCN. The molecule has 13 heavy (non-hydrogen) atoms. The summed E-state index contributed by atoms with van der Waals surface area (Å²) in [5.41, 5.74) is 12.1. The first kappa shape index (κ1) is 11.0. The molecule has 1 fully saturated rings. The zero-order valence-electron chi connectivity index (χ0n) is 9.05. The zero-order valence-corrected chi connectivity index (χ0v) is 9.05. The second kappa shape index (κ2) is 4.43. The fourth-order valence-corrected chi connectivity index (χ4v) is 2.59. The summed E-state index contributed by atoms with van der Waals surface area (Å²) in [5.74, 6) is 0.766. The van der Waals surface area contributed by atoms with Gasteiger partial charge in [0, 0.05) is 6.04 Å². The summed E-state index contributed by atoms with van der Waals surface area (Å²) in [4.78, 5) is 0. The molecule has 3 atom stereocenters. The molecule has 1 rings (SSSR count). The van der Waals surface area contributed by atoms with Crippen LogP contribution in [0.4, 0.5) is 0 Å². The van der Waals surface area contributed by atoms with Gasteiger partial charge in [0.1, 0.15) is 0 Å². The summed E-state index contributed by atoms with van der Waals surface area (Å²) < 4.78 is 0. The lowest BCUT2D eigenvalue weighted by molar-refractivity contribution is 0.0920.